The molecule has 1 unspecified atom stereocenters. The molecule has 0 radical (unpaired) electrons. The number of aliphatic hydroxyl groups excluding tert-OH is 1. The molecule has 0 bridgehead atoms. The number of aromatic nitrogens is 4. The highest BCUT2D eigenvalue weighted by Crippen LogP contribution is 2.36. The first-order chi connectivity index (χ1) is 19.1. The third-order valence-electron chi connectivity index (χ3n) is 6.93. The smallest absolute Gasteiger partial charge is 0.354 e. The molecule has 212 valence electrons. The molecule has 0 fully saturated rings. The van der Waals surface area contributed by atoms with Crippen molar-refractivity contribution in [2.45, 2.75) is 59.2 Å². The van der Waals surface area contributed by atoms with Crippen molar-refractivity contribution in [2.24, 2.45) is 5.41 Å². The number of esters is 1. The average molecular weight is 549 g/mol. The van der Waals surface area contributed by atoms with Gasteiger partial charge in [-0.15, -0.1) is 10.2 Å². The minimum absolute atomic E-state index is 0.0306. The molecule has 3 aromatic rings. The summed E-state index contributed by atoms with van der Waals surface area (Å²) in [5.74, 6) is -1.06. The Hall–Kier alpha value is -4.25. The average Bonchev–Trinajstić information content (AvgIpc) is 3.58. The summed E-state index contributed by atoms with van der Waals surface area (Å²) >= 11 is 0. The Kier molecular flexibility index (Phi) is 8.53. The van der Waals surface area contributed by atoms with E-state index in [2.05, 4.69) is 25.9 Å². The number of aromatic amines is 1. The van der Waals surface area contributed by atoms with Crippen LogP contribution in [0.5, 0.6) is 0 Å². The Morgan fingerprint density at radius 3 is 2.35 bits per heavy atom. The number of hydrogen-bond acceptors (Lipinski definition) is 9. The molecule has 40 heavy (non-hydrogen) atoms. The van der Waals surface area contributed by atoms with Crippen LogP contribution in [0.1, 0.15) is 52.5 Å². The van der Waals surface area contributed by atoms with Crippen LogP contribution in [0.25, 0.3) is 22.5 Å². The van der Waals surface area contributed by atoms with E-state index in [-0.39, 0.29) is 30.5 Å². The topological polar surface area (TPSA) is 154 Å². The van der Waals surface area contributed by atoms with Gasteiger partial charge < -0.3 is 25.2 Å². The van der Waals surface area contributed by atoms with E-state index >= 15 is 0 Å². The summed E-state index contributed by atoms with van der Waals surface area (Å²) in [5.41, 5.74) is 1.97. The number of benzene rings is 2. The number of nitrogens with one attached hydrogen (secondary N) is 2. The lowest BCUT2D eigenvalue weighted by molar-refractivity contribution is -0.158. The van der Waals surface area contributed by atoms with E-state index in [0.29, 0.717) is 12.2 Å². The van der Waals surface area contributed by atoms with Crippen LogP contribution in [0.4, 0.5) is 0 Å². The molecule has 2 heterocycles. The van der Waals surface area contributed by atoms with Gasteiger partial charge in [-0.2, -0.15) is 5.21 Å². The third-order valence-corrected chi connectivity index (χ3v) is 6.93. The number of rotatable bonds is 11. The van der Waals surface area contributed by atoms with E-state index < -0.39 is 23.7 Å². The van der Waals surface area contributed by atoms with Gasteiger partial charge in [0.05, 0.1) is 17.7 Å². The molecule has 0 saturated carbocycles. The zero-order valence-corrected chi connectivity index (χ0v) is 23.3. The molecule has 1 aliphatic rings. The van der Waals surface area contributed by atoms with Crippen LogP contribution in [0.2, 0.25) is 0 Å². The number of hydrogen-bond donors (Lipinski definition) is 4. The molecule has 0 spiro atoms. The van der Waals surface area contributed by atoms with Crippen LogP contribution in [-0.4, -0.2) is 66.6 Å². The Morgan fingerprint density at radius 1 is 1.07 bits per heavy atom. The highest BCUT2D eigenvalue weighted by atomic mass is 16.5. The molecule has 11 nitrogen and oxygen atoms in total. The number of carboxylic acid groups (broad SMARTS) is 1. The third kappa shape index (κ3) is 5.99. The Balaban J connectivity index is 1.67. The quantitative estimate of drug-likeness (QED) is 0.261. The number of carbonyl (C=O) groups excluding carboxylic acids is 1. The molecule has 4 rings (SSSR count). The zero-order chi connectivity index (χ0) is 28.9. The molecule has 4 N–H and O–H groups in total. The van der Waals surface area contributed by atoms with Gasteiger partial charge in [0.25, 0.3) is 0 Å². The van der Waals surface area contributed by atoms with E-state index in [9.17, 15) is 19.8 Å². The van der Waals surface area contributed by atoms with Crippen molar-refractivity contribution in [3.05, 3.63) is 65.5 Å². The minimum atomic E-state index is -1.16. The Bertz CT molecular complexity index is 1360. The number of H-pyrrole nitrogens is 1. The molecule has 1 aliphatic heterocycles. The number of carboxylic acids is 1. The summed E-state index contributed by atoms with van der Waals surface area (Å²) < 4.78 is 5.74. The van der Waals surface area contributed by atoms with E-state index in [0.717, 1.165) is 35.1 Å². The van der Waals surface area contributed by atoms with Gasteiger partial charge in [0.2, 0.25) is 5.82 Å². The number of nitrogens with zero attached hydrogens (tertiary/aromatic N) is 4. The second kappa shape index (κ2) is 11.9. The van der Waals surface area contributed by atoms with Gasteiger partial charge in [0, 0.05) is 12.1 Å². The van der Waals surface area contributed by atoms with Crippen molar-refractivity contribution in [3.8, 4) is 22.5 Å². The maximum absolute atomic E-state index is 12.7. The lowest BCUT2D eigenvalue weighted by Gasteiger charge is -2.41. The number of aliphatic carboxylic acids is 1. The lowest BCUT2D eigenvalue weighted by Crippen LogP contribution is -2.57. The van der Waals surface area contributed by atoms with Gasteiger partial charge in [-0.05, 0) is 55.5 Å². The predicted molar refractivity (Wildman–Crippen MR) is 148 cm³/mol. The van der Waals surface area contributed by atoms with Crippen LogP contribution in [-0.2, 0) is 20.9 Å². The van der Waals surface area contributed by atoms with Crippen molar-refractivity contribution in [2.75, 3.05) is 13.2 Å². The Labute approximate surface area is 233 Å². The van der Waals surface area contributed by atoms with Crippen LogP contribution in [0.3, 0.4) is 0 Å². The van der Waals surface area contributed by atoms with Crippen molar-refractivity contribution >= 4 is 11.9 Å². The Morgan fingerprint density at radius 2 is 1.77 bits per heavy atom. The lowest BCUT2D eigenvalue weighted by atomic mass is 9.96. The molecule has 2 aromatic carbocycles. The molecule has 0 amide bonds. The molecule has 0 aliphatic carbocycles. The summed E-state index contributed by atoms with van der Waals surface area (Å²) in [5, 5.41) is 37.8. The van der Waals surface area contributed by atoms with Crippen LogP contribution < -0.4 is 5.32 Å². The zero-order valence-electron chi connectivity index (χ0n) is 23.3. The van der Waals surface area contributed by atoms with Crippen molar-refractivity contribution in [1.82, 2.24) is 30.8 Å². The van der Waals surface area contributed by atoms with Crippen LogP contribution in [0.15, 0.2) is 59.9 Å². The molecular weight excluding hydrogens is 512 g/mol. The number of carbonyl (C=O) groups is 2. The van der Waals surface area contributed by atoms with E-state index in [1.54, 1.807) is 25.7 Å². The van der Waals surface area contributed by atoms with Crippen molar-refractivity contribution in [1.29, 1.82) is 0 Å². The highest BCUT2D eigenvalue weighted by Gasteiger charge is 2.48. The number of tetrazole rings is 1. The second-order valence-electron chi connectivity index (χ2n) is 10.9. The van der Waals surface area contributed by atoms with Crippen LogP contribution >= 0.6 is 0 Å². The maximum atomic E-state index is 12.7. The molecule has 0 saturated heterocycles. The van der Waals surface area contributed by atoms with Crippen LogP contribution in [0, 0.1) is 5.41 Å². The van der Waals surface area contributed by atoms with Gasteiger partial charge >= 0.3 is 11.9 Å². The monoisotopic (exact) mass is 548 g/mol. The molecular formula is C29H36N6O5. The first kappa shape index (κ1) is 28.8. The SMILES string of the molecule is CCCCC1(COC(=O)C(C)(C)C)NC(CO)=C(C(=O)O)N1Cc1ccc(-c2ccccc2-c2nn[nH]n2)cc1. The number of unbranched alkanes of at least 4 members (excludes halogenated alkanes) is 1. The summed E-state index contributed by atoms with van der Waals surface area (Å²) in [6.45, 7) is 7.02. The van der Waals surface area contributed by atoms with Crippen molar-refractivity contribution in [3.63, 3.8) is 0 Å². The number of ether oxygens (including phenoxy) is 1. The highest BCUT2D eigenvalue weighted by molar-refractivity contribution is 5.88. The van der Waals surface area contributed by atoms with E-state index in [1.807, 2.05) is 55.5 Å². The number of aliphatic hydroxyl groups is 1. The fourth-order valence-corrected chi connectivity index (χ4v) is 4.81. The molecule has 11 heteroatoms. The summed E-state index contributed by atoms with van der Waals surface area (Å²) in [6.07, 6.45) is 2.13. The minimum Gasteiger partial charge on any atom is -0.477 e. The standard InChI is InChI=1S/C29H36N6O5/c1-5-6-15-29(18-40-27(39)28(2,3)4)30-23(17-36)24(26(37)38)35(29)16-19-11-13-20(14-12-19)21-9-7-8-10-22(21)25-31-33-34-32-25/h7-14,30,36H,5-6,15-18H2,1-4H3,(H,37,38)(H,31,32,33,34). The summed E-state index contributed by atoms with van der Waals surface area (Å²) in [7, 11) is 0. The first-order valence-electron chi connectivity index (χ1n) is 13.3. The first-order valence-corrected chi connectivity index (χ1v) is 13.3. The van der Waals surface area contributed by atoms with Crippen molar-refractivity contribution < 1.29 is 24.5 Å². The van der Waals surface area contributed by atoms with Gasteiger partial charge in [-0.25, -0.2) is 4.79 Å². The van der Waals surface area contributed by atoms with E-state index in [4.69, 9.17) is 4.74 Å². The fourth-order valence-electron chi connectivity index (χ4n) is 4.81. The molecule has 1 aromatic heterocycles. The maximum Gasteiger partial charge on any atom is 0.354 e. The predicted octanol–water partition coefficient (Wildman–Crippen LogP) is 3.70. The van der Waals surface area contributed by atoms with Gasteiger partial charge in [0.15, 0.2) is 0 Å². The summed E-state index contributed by atoms with van der Waals surface area (Å²) in [4.78, 5) is 26.8. The van der Waals surface area contributed by atoms with Gasteiger partial charge in [-0.3, -0.25) is 4.79 Å². The summed E-state index contributed by atoms with van der Waals surface area (Å²) in [6, 6.07) is 15.5. The normalized spacial score (nSPS) is 17.2. The largest absolute Gasteiger partial charge is 0.477 e. The van der Waals surface area contributed by atoms with E-state index in [1.165, 1.54) is 0 Å². The fraction of sp³-hybridized carbons (Fsp3) is 0.414. The second-order valence-corrected chi connectivity index (χ2v) is 10.9. The van der Waals surface area contributed by atoms with Gasteiger partial charge in [0.1, 0.15) is 18.0 Å². The molecule has 1 atom stereocenters. The van der Waals surface area contributed by atoms with Gasteiger partial charge in [-0.1, -0.05) is 61.9 Å².